The third-order valence-electron chi connectivity index (χ3n) is 8.09. The Morgan fingerprint density at radius 2 is 1.72 bits per heavy atom. The van der Waals surface area contributed by atoms with E-state index in [0.717, 1.165) is 37.1 Å². The van der Waals surface area contributed by atoms with Gasteiger partial charge in [0, 0.05) is 17.6 Å². The van der Waals surface area contributed by atoms with Crippen molar-refractivity contribution < 1.29 is 17.0 Å². The van der Waals surface area contributed by atoms with Crippen molar-refractivity contribution in [3.63, 3.8) is 0 Å². The molecule has 0 heterocycles. The summed E-state index contributed by atoms with van der Waals surface area (Å²) in [6.45, 7) is 20.4. The van der Waals surface area contributed by atoms with E-state index in [1.54, 1.807) is 11.1 Å². The van der Waals surface area contributed by atoms with Crippen LogP contribution in [0.4, 0.5) is 0 Å². The van der Waals surface area contributed by atoms with Crippen molar-refractivity contribution in [1.29, 1.82) is 0 Å². The predicted molar refractivity (Wildman–Crippen MR) is 173 cm³/mol. The summed E-state index contributed by atoms with van der Waals surface area (Å²) < 4.78 is 0. The van der Waals surface area contributed by atoms with Crippen molar-refractivity contribution >= 4 is 24.7 Å². The zero-order chi connectivity index (χ0) is 28.5. The standard InChI is InChI=1S/C17H29N.C16H23N.CH3.2ClH.Ti/c1-13-11-15-8-6-7-14(16(15)12-13)9-10-18(5)17(2,3)4;1-12-10-14-7-5-6-13(15(14)11-12)8-9-17-16(2,3)4;;;;/h6-8,13,15-16H,9-12H2,1-5H3;5-7,10,17H,8-9,11H2,1-4H3;1H3;2*1H;/q;;-1;;;+2/p-2. The summed E-state index contributed by atoms with van der Waals surface area (Å²) >= 11 is -0.556. The van der Waals surface area contributed by atoms with Gasteiger partial charge in [0.15, 0.2) is 0 Å². The van der Waals surface area contributed by atoms with Crippen LogP contribution in [0.15, 0.2) is 47.6 Å². The molecule has 1 fully saturated rings. The minimum absolute atomic E-state index is 0. The first kappa shape index (κ1) is 36.7. The van der Waals surface area contributed by atoms with E-state index in [9.17, 15) is 0 Å². The number of nitrogens with zero attached hydrogens (tertiary/aromatic N) is 1. The molecule has 0 spiro atoms. The second kappa shape index (κ2) is 16.9. The van der Waals surface area contributed by atoms with Crippen molar-refractivity contribution in [3.05, 3.63) is 71.7 Å². The molecule has 3 atom stereocenters. The van der Waals surface area contributed by atoms with Crippen molar-refractivity contribution in [3.8, 4) is 0 Å². The van der Waals surface area contributed by atoms with Crippen LogP contribution < -0.4 is 5.32 Å². The van der Waals surface area contributed by atoms with Crippen molar-refractivity contribution in [2.24, 2.45) is 17.8 Å². The van der Waals surface area contributed by atoms with E-state index in [-0.39, 0.29) is 18.5 Å². The molecule has 1 N–H and O–H groups in total. The van der Waals surface area contributed by atoms with Gasteiger partial charge in [0.2, 0.25) is 0 Å². The number of benzene rings is 1. The summed E-state index contributed by atoms with van der Waals surface area (Å²) in [6, 6.07) is 6.68. The fraction of sp³-hybridized carbons (Fsp3) is 0.618. The Bertz CT molecular complexity index is 968. The fourth-order valence-corrected chi connectivity index (χ4v) is 5.73. The average Bonchev–Trinajstić information content (AvgIpc) is 3.38. The molecule has 5 heteroatoms. The number of hydrogen-bond donors (Lipinski definition) is 1. The van der Waals surface area contributed by atoms with E-state index >= 15 is 0 Å². The SMILES string of the molecule is CC1=Cc2cccc(CCNC(C)(C)C)c2C1.CC1CC2C=CC=C(CCN(C)C(C)(C)C)C2C1.[CH3-].[Cl][Ti][Cl]. The average molecular weight is 611 g/mol. The molecule has 3 unspecified atom stereocenters. The normalized spacial score (nSPS) is 21.4. The molecular formula is C34H55Cl2N2Ti-. The van der Waals surface area contributed by atoms with Crippen molar-refractivity contribution in [2.45, 2.75) is 98.6 Å². The minimum atomic E-state index is -0.556. The Morgan fingerprint density at radius 1 is 1.05 bits per heavy atom. The molecule has 0 aliphatic heterocycles. The Labute approximate surface area is 258 Å². The van der Waals surface area contributed by atoms with Gasteiger partial charge in [-0.3, -0.25) is 0 Å². The number of rotatable bonds is 6. The van der Waals surface area contributed by atoms with Crippen LogP contribution in [0.3, 0.4) is 0 Å². The number of fused-ring (bicyclic) bond motifs is 2. The van der Waals surface area contributed by atoms with Gasteiger partial charge < -0.3 is 17.6 Å². The van der Waals surface area contributed by atoms with E-state index in [4.69, 9.17) is 18.6 Å². The molecule has 3 aliphatic rings. The van der Waals surface area contributed by atoms with E-state index in [0.29, 0.717) is 0 Å². The molecule has 0 radical (unpaired) electrons. The molecule has 1 aromatic carbocycles. The maximum absolute atomic E-state index is 4.89. The Hall–Kier alpha value is -0.346. The molecule has 1 saturated carbocycles. The van der Waals surface area contributed by atoms with Crippen LogP contribution in [0.1, 0.15) is 91.3 Å². The number of halogens is 2. The third kappa shape index (κ3) is 12.6. The molecule has 2 nitrogen and oxygen atoms in total. The van der Waals surface area contributed by atoms with Gasteiger partial charge in [-0.1, -0.05) is 60.6 Å². The molecule has 3 aliphatic carbocycles. The van der Waals surface area contributed by atoms with E-state index in [1.165, 1.54) is 42.5 Å². The van der Waals surface area contributed by atoms with Gasteiger partial charge >= 0.3 is 35.6 Å². The molecule has 0 saturated heterocycles. The van der Waals surface area contributed by atoms with E-state index < -0.39 is 17.0 Å². The number of nitrogens with one attached hydrogen (secondary N) is 1. The summed E-state index contributed by atoms with van der Waals surface area (Å²) in [5.41, 5.74) is 8.16. The third-order valence-corrected chi connectivity index (χ3v) is 8.09. The van der Waals surface area contributed by atoms with Gasteiger partial charge in [-0.15, -0.1) is 0 Å². The summed E-state index contributed by atoms with van der Waals surface area (Å²) in [4.78, 5) is 2.47. The van der Waals surface area contributed by atoms with Crippen LogP contribution in [0.2, 0.25) is 0 Å². The van der Waals surface area contributed by atoms with E-state index in [1.807, 2.05) is 0 Å². The van der Waals surface area contributed by atoms with Crippen LogP contribution in [0.5, 0.6) is 0 Å². The Morgan fingerprint density at radius 3 is 2.33 bits per heavy atom. The molecule has 1 aromatic rings. The zero-order valence-electron chi connectivity index (χ0n) is 26.4. The van der Waals surface area contributed by atoms with Crippen LogP contribution in [-0.4, -0.2) is 36.1 Å². The summed E-state index contributed by atoms with van der Waals surface area (Å²) in [7, 11) is 12.0. The summed E-state index contributed by atoms with van der Waals surface area (Å²) in [6.07, 6.45) is 15.7. The van der Waals surface area contributed by atoms with Gasteiger partial charge in [-0.2, -0.15) is 0 Å². The molecule has 0 aromatic heterocycles. The predicted octanol–water partition coefficient (Wildman–Crippen LogP) is 9.67. The second-order valence-corrected chi connectivity index (χ2v) is 16.0. The molecule has 39 heavy (non-hydrogen) atoms. The Kier molecular flexibility index (Phi) is 15.9. The Balaban J connectivity index is 0.000000347. The van der Waals surface area contributed by atoms with Crippen LogP contribution in [-0.2, 0) is 29.9 Å². The van der Waals surface area contributed by atoms with Crippen molar-refractivity contribution in [2.75, 3.05) is 20.1 Å². The van der Waals surface area contributed by atoms with Gasteiger partial charge in [-0.05, 0) is 129 Å². The molecular weight excluding hydrogens is 555 g/mol. The number of allylic oxidation sites excluding steroid dienone is 4. The molecule has 4 rings (SSSR count). The van der Waals surface area contributed by atoms with Crippen LogP contribution in [0, 0.1) is 25.2 Å². The first-order valence-electron chi connectivity index (χ1n) is 14.3. The monoisotopic (exact) mass is 609 g/mol. The van der Waals surface area contributed by atoms with Crippen LogP contribution in [0.25, 0.3) is 6.08 Å². The van der Waals surface area contributed by atoms with Crippen LogP contribution >= 0.6 is 18.6 Å². The quantitative estimate of drug-likeness (QED) is 0.255. The number of hydrogen-bond acceptors (Lipinski definition) is 2. The molecule has 0 amide bonds. The van der Waals surface area contributed by atoms with Gasteiger partial charge in [-0.25, -0.2) is 0 Å². The fourth-order valence-electron chi connectivity index (χ4n) is 5.73. The summed E-state index contributed by atoms with van der Waals surface area (Å²) in [5.74, 6) is 2.59. The van der Waals surface area contributed by atoms with E-state index in [2.05, 4.69) is 115 Å². The van der Waals surface area contributed by atoms with Gasteiger partial charge in [0.1, 0.15) is 0 Å². The zero-order valence-corrected chi connectivity index (χ0v) is 29.5. The maximum atomic E-state index is 4.89. The van der Waals surface area contributed by atoms with Gasteiger partial charge in [0.05, 0.1) is 0 Å². The molecule has 220 valence electrons. The first-order chi connectivity index (χ1) is 17.7. The van der Waals surface area contributed by atoms with Gasteiger partial charge in [0.25, 0.3) is 0 Å². The second-order valence-electron chi connectivity index (χ2n) is 13.5. The molecule has 0 bridgehead atoms. The van der Waals surface area contributed by atoms with Crippen molar-refractivity contribution in [1.82, 2.24) is 10.2 Å². The summed E-state index contributed by atoms with van der Waals surface area (Å²) in [5, 5.41) is 3.56. The first-order valence-corrected chi connectivity index (χ1v) is 18.6. The topological polar surface area (TPSA) is 15.3 Å².